The molecule has 7 heteroatoms. The summed E-state index contributed by atoms with van der Waals surface area (Å²) in [7, 11) is 1.65. The molecule has 0 unspecified atom stereocenters. The molecule has 3 aromatic rings. The van der Waals surface area contributed by atoms with Crippen LogP contribution in [0.4, 0.5) is 10.1 Å². The molecule has 0 fully saturated rings. The summed E-state index contributed by atoms with van der Waals surface area (Å²) in [5.41, 5.74) is 2.33. The second-order valence-corrected chi connectivity index (χ2v) is 6.32. The van der Waals surface area contributed by atoms with Crippen molar-refractivity contribution in [3.05, 3.63) is 54.3 Å². The van der Waals surface area contributed by atoms with E-state index in [1.54, 1.807) is 19.2 Å². The standard InChI is InChI=1S/C18H18FN3O2S/c1-24-10-9-22-16-8-3-2-7-15(16)21-18(22)25-12-17(23)20-14-6-4-5-13(19)11-14/h2-8,11H,9-10,12H2,1H3,(H,20,23). The molecule has 0 aliphatic heterocycles. The van der Waals surface area contributed by atoms with Gasteiger partial charge in [-0.25, -0.2) is 9.37 Å². The molecule has 25 heavy (non-hydrogen) atoms. The highest BCUT2D eigenvalue weighted by Crippen LogP contribution is 2.24. The number of amides is 1. The zero-order valence-corrected chi connectivity index (χ0v) is 14.6. The molecule has 0 atom stereocenters. The largest absolute Gasteiger partial charge is 0.383 e. The number of halogens is 1. The lowest BCUT2D eigenvalue weighted by Gasteiger charge is -2.08. The summed E-state index contributed by atoms with van der Waals surface area (Å²) < 4.78 is 20.4. The van der Waals surface area contributed by atoms with Crippen LogP contribution < -0.4 is 5.32 Å². The SMILES string of the molecule is COCCn1c(SCC(=O)Nc2cccc(F)c2)nc2ccccc21. The van der Waals surface area contributed by atoms with Crippen molar-refractivity contribution in [2.24, 2.45) is 0 Å². The third-order valence-electron chi connectivity index (χ3n) is 3.58. The number of hydrogen-bond donors (Lipinski definition) is 1. The molecule has 0 aliphatic rings. The van der Waals surface area contributed by atoms with E-state index in [1.165, 1.54) is 23.9 Å². The molecule has 1 aromatic heterocycles. The van der Waals surface area contributed by atoms with Gasteiger partial charge >= 0.3 is 0 Å². The minimum absolute atomic E-state index is 0.187. The molecule has 0 bridgehead atoms. The molecule has 3 rings (SSSR count). The van der Waals surface area contributed by atoms with Gasteiger partial charge in [0.1, 0.15) is 5.82 Å². The zero-order valence-electron chi connectivity index (χ0n) is 13.7. The van der Waals surface area contributed by atoms with E-state index in [9.17, 15) is 9.18 Å². The Labute approximate surface area is 149 Å². The highest BCUT2D eigenvalue weighted by molar-refractivity contribution is 7.99. The number of carbonyl (C=O) groups is 1. The average molecular weight is 359 g/mol. The molecule has 0 spiro atoms. The number of anilines is 1. The number of para-hydroxylation sites is 2. The topological polar surface area (TPSA) is 56.1 Å². The van der Waals surface area contributed by atoms with E-state index < -0.39 is 0 Å². The lowest BCUT2D eigenvalue weighted by Crippen LogP contribution is -2.15. The number of benzene rings is 2. The minimum atomic E-state index is -0.383. The first-order chi connectivity index (χ1) is 12.2. The van der Waals surface area contributed by atoms with Gasteiger partial charge in [0.2, 0.25) is 5.91 Å². The van der Waals surface area contributed by atoms with Crippen molar-refractivity contribution in [2.75, 3.05) is 24.8 Å². The van der Waals surface area contributed by atoms with Gasteiger partial charge in [-0.2, -0.15) is 0 Å². The summed E-state index contributed by atoms with van der Waals surface area (Å²) in [6, 6.07) is 13.7. The maximum atomic E-state index is 13.2. The fourth-order valence-electron chi connectivity index (χ4n) is 2.46. The number of rotatable bonds is 7. The van der Waals surface area contributed by atoms with Crippen molar-refractivity contribution in [3.8, 4) is 0 Å². The van der Waals surface area contributed by atoms with Crippen LogP contribution in [0.25, 0.3) is 11.0 Å². The van der Waals surface area contributed by atoms with E-state index in [0.29, 0.717) is 18.8 Å². The van der Waals surface area contributed by atoms with Crippen molar-refractivity contribution >= 4 is 34.4 Å². The molecular formula is C18H18FN3O2S. The number of imidazole rings is 1. The average Bonchev–Trinajstić information content (AvgIpc) is 2.96. The number of aromatic nitrogens is 2. The van der Waals surface area contributed by atoms with Crippen molar-refractivity contribution in [1.82, 2.24) is 9.55 Å². The monoisotopic (exact) mass is 359 g/mol. The van der Waals surface area contributed by atoms with Crippen LogP contribution in [0.3, 0.4) is 0 Å². The lowest BCUT2D eigenvalue weighted by molar-refractivity contribution is -0.113. The number of hydrogen-bond acceptors (Lipinski definition) is 4. The first kappa shape index (κ1) is 17.4. The Kier molecular flexibility index (Phi) is 5.67. The molecule has 0 aliphatic carbocycles. The molecule has 0 radical (unpaired) electrons. The number of thioether (sulfide) groups is 1. The molecule has 0 saturated carbocycles. The van der Waals surface area contributed by atoms with Gasteiger partial charge < -0.3 is 14.6 Å². The van der Waals surface area contributed by atoms with E-state index >= 15 is 0 Å². The summed E-state index contributed by atoms with van der Waals surface area (Å²) in [5, 5.41) is 3.44. The van der Waals surface area contributed by atoms with E-state index in [1.807, 2.05) is 28.8 Å². The zero-order chi connectivity index (χ0) is 17.6. The fraction of sp³-hybridized carbons (Fsp3) is 0.222. The number of ether oxygens (including phenoxy) is 1. The second kappa shape index (κ2) is 8.13. The quantitative estimate of drug-likeness (QED) is 0.656. The van der Waals surface area contributed by atoms with E-state index in [-0.39, 0.29) is 17.5 Å². The summed E-state index contributed by atoms with van der Waals surface area (Å²) in [4.78, 5) is 16.7. The molecule has 1 N–H and O–H groups in total. The van der Waals surface area contributed by atoms with Crippen LogP contribution in [0.5, 0.6) is 0 Å². The molecule has 0 saturated heterocycles. The van der Waals surface area contributed by atoms with Crippen LogP contribution in [0.15, 0.2) is 53.7 Å². The highest BCUT2D eigenvalue weighted by Gasteiger charge is 2.13. The van der Waals surface area contributed by atoms with Crippen LogP contribution >= 0.6 is 11.8 Å². The van der Waals surface area contributed by atoms with Gasteiger partial charge in [-0.05, 0) is 30.3 Å². The number of carbonyl (C=O) groups excluding carboxylic acids is 1. The normalized spacial score (nSPS) is 11.0. The molecule has 5 nitrogen and oxygen atoms in total. The predicted molar refractivity (Wildman–Crippen MR) is 97.4 cm³/mol. The van der Waals surface area contributed by atoms with Gasteiger partial charge in [-0.3, -0.25) is 4.79 Å². The van der Waals surface area contributed by atoms with Gasteiger partial charge in [-0.15, -0.1) is 0 Å². The van der Waals surface area contributed by atoms with Crippen LogP contribution in [0.1, 0.15) is 0 Å². The van der Waals surface area contributed by atoms with Crippen molar-refractivity contribution in [1.29, 1.82) is 0 Å². The van der Waals surface area contributed by atoms with Crippen molar-refractivity contribution in [2.45, 2.75) is 11.7 Å². The summed E-state index contributed by atoms with van der Waals surface area (Å²) in [6.07, 6.45) is 0. The lowest BCUT2D eigenvalue weighted by atomic mass is 10.3. The Balaban J connectivity index is 1.70. The summed E-state index contributed by atoms with van der Waals surface area (Å²) in [5.74, 6) is -0.403. The van der Waals surface area contributed by atoms with E-state index in [4.69, 9.17) is 4.74 Å². The Morgan fingerprint density at radius 2 is 2.12 bits per heavy atom. The predicted octanol–water partition coefficient (Wildman–Crippen LogP) is 3.55. The smallest absolute Gasteiger partial charge is 0.234 e. The molecule has 1 heterocycles. The first-order valence-corrected chi connectivity index (χ1v) is 8.78. The van der Waals surface area contributed by atoms with Gasteiger partial charge in [-0.1, -0.05) is 30.0 Å². The van der Waals surface area contributed by atoms with Crippen LogP contribution in [0, 0.1) is 5.82 Å². The summed E-state index contributed by atoms with van der Waals surface area (Å²) >= 11 is 1.35. The molecule has 1 amide bonds. The van der Waals surface area contributed by atoms with E-state index in [2.05, 4.69) is 10.3 Å². The number of nitrogens with zero attached hydrogens (tertiary/aromatic N) is 2. The molecule has 130 valence electrons. The second-order valence-electron chi connectivity index (χ2n) is 5.37. The van der Waals surface area contributed by atoms with Crippen LogP contribution in [0.2, 0.25) is 0 Å². The Hall–Kier alpha value is -2.38. The molecular weight excluding hydrogens is 341 g/mol. The van der Waals surface area contributed by atoms with Gasteiger partial charge in [0, 0.05) is 19.3 Å². The number of fused-ring (bicyclic) bond motifs is 1. The number of methoxy groups -OCH3 is 1. The van der Waals surface area contributed by atoms with Gasteiger partial charge in [0.15, 0.2) is 5.16 Å². The van der Waals surface area contributed by atoms with Crippen LogP contribution in [-0.4, -0.2) is 34.9 Å². The Morgan fingerprint density at radius 3 is 2.92 bits per heavy atom. The van der Waals surface area contributed by atoms with Crippen molar-refractivity contribution < 1.29 is 13.9 Å². The van der Waals surface area contributed by atoms with E-state index in [0.717, 1.165) is 16.2 Å². The minimum Gasteiger partial charge on any atom is -0.383 e. The third kappa shape index (κ3) is 4.37. The Morgan fingerprint density at radius 1 is 1.28 bits per heavy atom. The highest BCUT2D eigenvalue weighted by atomic mass is 32.2. The summed E-state index contributed by atoms with van der Waals surface area (Å²) in [6.45, 7) is 1.22. The first-order valence-electron chi connectivity index (χ1n) is 7.80. The maximum absolute atomic E-state index is 13.2. The number of nitrogens with one attached hydrogen (secondary N) is 1. The third-order valence-corrected chi connectivity index (χ3v) is 4.56. The van der Waals surface area contributed by atoms with Crippen LogP contribution in [-0.2, 0) is 16.1 Å². The fourth-order valence-corrected chi connectivity index (χ4v) is 3.30. The van der Waals surface area contributed by atoms with Gasteiger partial charge in [0.05, 0.1) is 23.4 Å². The maximum Gasteiger partial charge on any atom is 0.234 e. The van der Waals surface area contributed by atoms with Crippen molar-refractivity contribution in [3.63, 3.8) is 0 Å². The molecule has 2 aromatic carbocycles. The van der Waals surface area contributed by atoms with Gasteiger partial charge in [0.25, 0.3) is 0 Å². The Bertz CT molecular complexity index is 882.